The molecule has 0 saturated heterocycles. The largest absolute Gasteiger partial charge is 0.316 e. The fourth-order valence-electron chi connectivity index (χ4n) is 2.98. The fraction of sp³-hybridized carbons (Fsp3) is 1.00. The van der Waals surface area contributed by atoms with Gasteiger partial charge in [-0.1, -0.05) is 85.5 Å². The number of rotatable bonds is 15. The second-order valence-electron chi connectivity index (χ2n) is 6.53. The van der Waals surface area contributed by atoms with Crippen molar-refractivity contribution in [1.29, 1.82) is 0 Å². The molecule has 0 saturated carbocycles. The number of hydrogen-bond donors (Lipinski definition) is 1. The van der Waals surface area contributed by atoms with E-state index in [0.29, 0.717) is 0 Å². The van der Waals surface area contributed by atoms with Crippen molar-refractivity contribution in [2.45, 2.75) is 98.3 Å². The minimum absolute atomic E-state index is 0.905. The van der Waals surface area contributed by atoms with E-state index in [-0.39, 0.29) is 0 Å². The summed E-state index contributed by atoms with van der Waals surface area (Å²) in [4.78, 5) is 0. The summed E-state index contributed by atoms with van der Waals surface area (Å²) in [6.07, 6.45) is 15.3. The molecular weight excluding hydrogens is 242 g/mol. The summed E-state index contributed by atoms with van der Waals surface area (Å²) in [7, 11) is 0. The van der Waals surface area contributed by atoms with E-state index >= 15 is 0 Å². The van der Waals surface area contributed by atoms with Gasteiger partial charge in [-0.2, -0.15) is 0 Å². The molecule has 0 aromatic rings. The molecule has 0 aromatic carbocycles. The molecule has 0 fully saturated rings. The predicted molar refractivity (Wildman–Crippen MR) is 93.3 cm³/mol. The second-order valence-corrected chi connectivity index (χ2v) is 6.53. The maximum atomic E-state index is 3.68. The first-order chi connectivity index (χ1) is 9.78. The van der Waals surface area contributed by atoms with Crippen molar-refractivity contribution in [2.24, 2.45) is 11.8 Å². The molecule has 1 nitrogen and oxygen atoms in total. The van der Waals surface area contributed by atoms with Gasteiger partial charge in [0, 0.05) is 0 Å². The normalized spacial score (nSPS) is 14.4. The molecule has 2 atom stereocenters. The molecule has 122 valence electrons. The molecule has 0 radical (unpaired) electrons. The number of unbranched alkanes of at least 4 members (excludes halogenated alkanes) is 3. The zero-order valence-corrected chi connectivity index (χ0v) is 14.8. The standard InChI is InChI=1S/C19H41N/c1-5-9-13-18(7-3)15-11-12-16-20-17-19(8-4)14-10-6-2/h18-20H,5-17H2,1-4H3. The first-order valence-corrected chi connectivity index (χ1v) is 9.49. The van der Waals surface area contributed by atoms with Gasteiger partial charge in [0.1, 0.15) is 0 Å². The topological polar surface area (TPSA) is 12.0 Å². The fourth-order valence-corrected chi connectivity index (χ4v) is 2.98. The molecule has 0 aliphatic carbocycles. The highest BCUT2D eigenvalue weighted by molar-refractivity contribution is 4.62. The average molecular weight is 284 g/mol. The third kappa shape index (κ3) is 11.8. The van der Waals surface area contributed by atoms with Crippen LogP contribution in [0.15, 0.2) is 0 Å². The Labute approximate surface area is 129 Å². The molecule has 0 aromatic heterocycles. The Morgan fingerprint density at radius 2 is 1.20 bits per heavy atom. The van der Waals surface area contributed by atoms with Gasteiger partial charge in [-0.3, -0.25) is 0 Å². The second kappa shape index (κ2) is 15.4. The van der Waals surface area contributed by atoms with Crippen molar-refractivity contribution in [3.05, 3.63) is 0 Å². The first-order valence-electron chi connectivity index (χ1n) is 9.49. The molecule has 0 spiro atoms. The van der Waals surface area contributed by atoms with Gasteiger partial charge in [0.25, 0.3) is 0 Å². The summed E-state index contributed by atoms with van der Waals surface area (Å²) < 4.78 is 0. The minimum Gasteiger partial charge on any atom is -0.316 e. The smallest absolute Gasteiger partial charge is 0.00206 e. The summed E-state index contributed by atoms with van der Waals surface area (Å²) >= 11 is 0. The molecule has 0 amide bonds. The van der Waals surface area contributed by atoms with Crippen LogP contribution in [-0.2, 0) is 0 Å². The van der Waals surface area contributed by atoms with Crippen LogP contribution in [0.1, 0.15) is 98.3 Å². The Balaban J connectivity index is 3.45. The zero-order valence-electron chi connectivity index (χ0n) is 14.8. The van der Waals surface area contributed by atoms with E-state index in [1.165, 1.54) is 83.7 Å². The van der Waals surface area contributed by atoms with Crippen LogP contribution < -0.4 is 5.32 Å². The Morgan fingerprint density at radius 3 is 1.75 bits per heavy atom. The molecule has 2 unspecified atom stereocenters. The van der Waals surface area contributed by atoms with Gasteiger partial charge in [-0.05, 0) is 37.8 Å². The number of hydrogen-bond acceptors (Lipinski definition) is 1. The maximum Gasteiger partial charge on any atom is -0.00206 e. The van der Waals surface area contributed by atoms with Crippen LogP contribution in [0, 0.1) is 11.8 Å². The monoisotopic (exact) mass is 283 g/mol. The van der Waals surface area contributed by atoms with Crippen LogP contribution in [-0.4, -0.2) is 13.1 Å². The summed E-state index contributed by atoms with van der Waals surface area (Å²) in [6, 6.07) is 0. The summed E-state index contributed by atoms with van der Waals surface area (Å²) in [5.41, 5.74) is 0. The van der Waals surface area contributed by atoms with Crippen molar-refractivity contribution < 1.29 is 0 Å². The lowest BCUT2D eigenvalue weighted by Gasteiger charge is -2.16. The van der Waals surface area contributed by atoms with Gasteiger partial charge in [0.15, 0.2) is 0 Å². The quantitative estimate of drug-likeness (QED) is 0.354. The highest BCUT2D eigenvalue weighted by atomic mass is 14.8. The highest BCUT2D eigenvalue weighted by Crippen LogP contribution is 2.19. The van der Waals surface area contributed by atoms with E-state index in [0.717, 1.165) is 11.8 Å². The zero-order chi connectivity index (χ0) is 15.1. The molecule has 0 aliphatic rings. The molecule has 0 rings (SSSR count). The summed E-state index contributed by atoms with van der Waals surface area (Å²) in [6.45, 7) is 11.8. The van der Waals surface area contributed by atoms with Crippen LogP contribution >= 0.6 is 0 Å². The molecule has 0 aliphatic heterocycles. The van der Waals surface area contributed by atoms with E-state index in [1.54, 1.807) is 0 Å². The van der Waals surface area contributed by atoms with E-state index in [9.17, 15) is 0 Å². The lowest BCUT2D eigenvalue weighted by atomic mass is 9.93. The Kier molecular flexibility index (Phi) is 15.3. The van der Waals surface area contributed by atoms with Gasteiger partial charge < -0.3 is 5.32 Å². The predicted octanol–water partition coefficient (Wildman–Crippen LogP) is 6.18. The highest BCUT2D eigenvalue weighted by Gasteiger charge is 2.06. The van der Waals surface area contributed by atoms with Gasteiger partial charge in [0.05, 0.1) is 0 Å². The van der Waals surface area contributed by atoms with Crippen molar-refractivity contribution in [2.75, 3.05) is 13.1 Å². The third-order valence-corrected chi connectivity index (χ3v) is 4.74. The summed E-state index contributed by atoms with van der Waals surface area (Å²) in [5.74, 6) is 1.89. The van der Waals surface area contributed by atoms with Crippen molar-refractivity contribution in [1.82, 2.24) is 5.32 Å². The Bertz CT molecular complexity index is 159. The number of nitrogens with one attached hydrogen (secondary N) is 1. The molecular formula is C19H41N. The summed E-state index contributed by atoms with van der Waals surface area (Å²) in [5, 5.41) is 3.68. The van der Waals surface area contributed by atoms with Crippen LogP contribution in [0.3, 0.4) is 0 Å². The van der Waals surface area contributed by atoms with Gasteiger partial charge in [0.2, 0.25) is 0 Å². The van der Waals surface area contributed by atoms with Crippen LogP contribution in [0.4, 0.5) is 0 Å². The third-order valence-electron chi connectivity index (χ3n) is 4.74. The van der Waals surface area contributed by atoms with Crippen LogP contribution in [0.2, 0.25) is 0 Å². The Morgan fingerprint density at radius 1 is 0.650 bits per heavy atom. The van der Waals surface area contributed by atoms with Crippen molar-refractivity contribution in [3.63, 3.8) is 0 Å². The molecule has 20 heavy (non-hydrogen) atoms. The maximum absolute atomic E-state index is 3.68. The van der Waals surface area contributed by atoms with E-state index in [4.69, 9.17) is 0 Å². The van der Waals surface area contributed by atoms with E-state index in [1.807, 2.05) is 0 Å². The molecule has 1 heteroatoms. The van der Waals surface area contributed by atoms with Gasteiger partial charge in [-0.25, -0.2) is 0 Å². The Hall–Kier alpha value is -0.0400. The van der Waals surface area contributed by atoms with Crippen LogP contribution in [0.5, 0.6) is 0 Å². The molecule has 0 bridgehead atoms. The average Bonchev–Trinajstić information content (AvgIpc) is 2.48. The lowest BCUT2D eigenvalue weighted by Crippen LogP contribution is -2.23. The van der Waals surface area contributed by atoms with E-state index < -0.39 is 0 Å². The minimum atomic E-state index is 0.905. The first kappa shape index (κ1) is 20.0. The van der Waals surface area contributed by atoms with Crippen molar-refractivity contribution >= 4 is 0 Å². The molecule has 1 N–H and O–H groups in total. The lowest BCUT2D eigenvalue weighted by molar-refractivity contribution is 0.390. The molecule has 0 heterocycles. The van der Waals surface area contributed by atoms with E-state index in [2.05, 4.69) is 33.0 Å². The van der Waals surface area contributed by atoms with Crippen molar-refractivity contribution in [3.8, 4) is 0 Å². The van der Waals surface area contributed by atoms with Crippen LogP contribution in [0.25, 0.3) is 0 Å². The van der Waals surface area contributed by atoms with Gasteiger partial charge >= 0.3 is 0 Å². The van der Waals surface area contributed by atoms with Gasteiger partial charge in [-0.15, -0.1) is 0 Å². The SMILES string of the molecule is CCCCC(CC)CCCCNCC(CC)CCCC.